The highest BCUT2D eigenvalue weighted by molar-refractivity contribution is 6.09. The zero-order chi connectivity index (χ0) is 17.4. The Kier molecular flexibility index (Phi) is 3.89. The van der Waals surface area contributed by atoms with Crippen LogP contribution in [-0.2, 0) is 0 Å². The van der Waals surface area contributed by atoms with Crippen LogP contribution in [0.3, 0.4) is 0 Å². The van der Waals surface area contributed by atoms with Crippen molar-refractivity contribution in [2.75, 3.05) is 26.1 Å². The molecule has 0 saturated carbocycles. The van der Waals surface area contributed by atoms with Gasteiger partial charge in [0.15, 0.2) is 0 Å². The van der Waals surface area contributed by atoms with Gasteiger partial charge >= 0.3 is 5.97 Å². The molecule has 0 bridgehead atoms. The number of benzene rings is 2. The number of fused-ring (bicyclic) bond motifs is 1. The molecule has 0 fully saturated rings. The van der Waals surface area contributed by atoms with Crippen LogP contribution in [0.4, 0.5) is 10.1 Å². The molecule has 124 valence electrons. The Hall–Kier alpha value is -3.02. The Morgan fingerprint density at radius 1 is 1.21 bits per heavy atom. The summed E-state index contributed by atoms with van der Waals surface area (Å²) in [5.41, 5.74) is 1.72. The quantitative estimate of drug-likeness (QED) is 0.783. The van der Waals surface area contributed by atoms with Crippen molar-refractivity contribution in [3.8, 4) is 17.1 Å². The second kappa shape index (κ2) is 5.88. The second-order valence-corrected chi connectivity index (χ2v) is 5.53. The molecule has 0 aliphatic heterocycles. The molecule has 6 heteroatoms. The molecule has 24 heavy (non-hydrogen) atoms. The number of methoxy groups -OCH3 is 1. The Bertz CT molecular complexity index is 913. The molecule has 1 heterocycles. The normalized spacial score (nSPS) is 10.8. The first-order valence-electron chi connectivity index (χ1n) is 7.23. The van der Waals surface area contributed by atoms with E-state index in [1.54, 1.807) is 12.1 Å². The van der Waals surface area contributed by atoms with Crippen LogP contribution in [0, 0.1) is 5.82 Å². The number of halogens is 1. The lowest BCUT2D eigenvalue weighted by Gasteiger charge is -2.16. The zero-order valence-electron chi connectivity index (χ0n) is 13.5. The molecular formula is C18H16FNO4. The molecule has 0 amide bonds. The summed E-state index contributed by atoms with van der Waals surface area (Å²) in [5, 5.41) is 10.1. The van der Waals surface area contributed by atoms with E-state index < -0.39 is 11.8 Å². The molecule has 3 rings (SSSR count). The van der Waals surface area contributed by atoms with Gasteiger partial charge in [-0.1, -0.05) is 0 Å². The highest BCUT2D eigenvalue weighted by atomic mass is 19.1. The van der Waals surface area contributed by atoms with E-state index in [0.717, 1.165) is 5.69 Å². The largest absolute Gasteiger partial charge is 0.495 e. The summed E-state index contributed by atoms with van der Waals surface area (Å²) >= 11 is 0. The number of furan rings is 1. The average molecular weight is 329 g/mol. The fourth-order valence-electron chi connectivity index (χ4n) is 2.64. The second-order valence-electron chi connectivity index (χ2n) is 5.53. The number of hydrogen-bond acceptors (Lipinski definition) is 4. The molecule has 0 aliphatic rings. The minimum absolute atomic E-state index is 0.0280. The number of nitrogens with zero attached hydrogens (tertiary/aromatic N) is 1. The molecule has 2 aromatic carbocycles. The van der Waals surface area contributed by atoms with E-state index in [9.17, 15) is 14.3 Å². The van der Waals surface area contributed by atoms with Crippen molar-refractivity contribution < 1.29 is 23.4 Å². The standard InChI is InChI=1S/C18H16FNO4/c1-20(2)13-9-14-12(8-15(13)23-3)16(18(21)22)17(24-14)10-4-6-11(19)7-5-10/h4-9H,1-3H3,(H,21,22). The topological polar surface area (TPSA) is 62.9 Å². The van der Waals surface area contributed by atoms with E-state index in [1.807, 2.05) is 19.0 Å². The van der Waals surface area contributed by atoms with Gasteiger partial charge in [0, 0.05) is 31.1 Å². The number of ether oxygens (including phenoxy) is 1. The van der Waals surface area contributed by atoms with Gasteiger partial charge in [0.25, 0.3) is 0 Å². The van der Waals surface area contributed by atoms with Crippen LogP contribution in [0.25, 0.3) is 22.3 Å². The summed E-state index contributed by atoms with van der Waals surface area (Å²) < 4.78 is 24.3. The highest BCUT2D eigenvalue weighted by Gasteiger charge is 2.23. The van der Waals surface area contributed by atoms with Gasteiger partial charge < -0.3 is 19.2 Å². The van der Waals surface area contributed by atoms with Gasteiger partial charge in [-0.25, -0.2) is 9.18 Å². The summed E-state index contributed by atoms with van der Waals surface area (Å²) in [6.07, 6.45) is 0. The highest BCUT2D eigenvalue weighted by Crippen LogP contribution is 2.39. The van der Waals surface area contributed by atoms with Crippen LogP contribution in [0.1, 0.15) is 10.4 Å². The number of anilines is 1. The predicted molar refractivity (Wildman–Crippen MR) is 89.4 cm³/mol. The fraction of sp³-hybridized carbons (Fsp3) is 0.167. The molecule has 0 atom stereocenters. The van der Waals surface area contributed by atoms with Crippen molar-refractivity contribution in [2.45, 2.75) is 0 Å². The number of rotatable bonds is 4. The molecule has 0 spiro atoms. The lowest BCUT2D eigenvalue weighted by atomic mass is 10.0. The number of carboxylic acid groups (broad SMARTS) is 1. The van der Waals surface area contributed by atoms with Crippen molar-refractivity contribution in [3.63, 3.8) is 0 Å². The third-order valence-corrected chi connectivity index (χ3v) is 3.79. The first-order chi connectivity index (χ1) is 11.4. The Morgan fingerprint density at radius 3 is 2.42 bits per heavy atom. The third-order valence-electron chi connectivity index (χ3n) is 3.79. The van der Waals surface area contributed by atoms with E-state index in [4.69, 9.17) is 9.15 Å². The SMILES string of the molecule is COc1cc2c(C(=O)O)c(-c3ccc(F)cc3)oc2cc1N(C)C. The predicted octanol–water partition coefficient (Wildman–Crippen LogP) is 4.01. The molecule has 0 unspecified atom stereocenters. The minimum Gasteiger partial charge on any atom is -0.495 e. The maximum Gasteiger partial charge on any atom is 0.340 e. The van der Waals surface area contributed by atoms with Crippen LogP contribution in [0.15, 0.2) is 40.8 Å². The molecular weight excluding hydrogens is 313 g/mol. The van der Waals surface area contributed by atoms with Crippen LogP contribution in [-0.4, -0.2) is 32.3 Å². The van der Waals surface area contributed by atoms with Gasteiger partial charge in [0.2, 0.25) is 0 Å². The van der Waals surface area contributed by atoms with Gasteiger partial charge in [-0.2, -0.15) is 0 Å². The van der Waals surface area contributed by atoms with E-state index in [0.29, 0.717) is 22.3 Å². The molecule has 0 aliphatic carbocycles. The molecule has 3 aromatic rings. The smallest absolute Gasteiger partial charge is 0.340 e. The average Bonchev–Trinajstić information content (AvgIpc) is 2.92. The third kappa shape index (κ3) is 2.56. The number of aromatic carboxylic acids is 1. The van der Waals surface area contributed by atoms with Gasteiger partial charge in [0.1, 0.15) is 28.5 Å². The van der Waals surface area contributed by atoms with Gasteiger partial charge in [0.05, 0.1) is 12.8 Å². The van der Waals surface area contributed by atoms with Crippen LogP contribution >= 0.6 is 0 Å². The molecule has 5 nitrogen and oxygen atoms in total. The van der Waals surface area contributed by atoms with Crippen molar-refractivity contribution in [2.24, 2.45) is 0 Å². The molecule has 1 aromatic heterocycles. The summed E-state index contributed by atoms with van der Waals surface area (Å²) in [7, 11) is 5.23. The zero-order valence-corrected chi connectivity index (χ0v) is 13.5. The summed E-state index contributed by atoms with van der Waals surface area (Å²) in [6, 6.07) is 8.88. The first kappa shape index (κ1) is 15.9. The minimum atomic E-state index is -1.12. The first-order valence-corrected chi connectivity index (χ1v) is 7.23. The monoisotopic (exact) mass is 329 g/mol. The lowest BCUT2D eigenvalue weighted by Crippen LogP contribution is -2.10. The van der Waals surface area contributed by atoms with E-state index in [-0.39, 0.29) is 11.3 Å². The summed E-state index contributed by atoms with van der Waals surface area (Å²) in [5.74, 6) is -0.784. The van der Waals surface area contributed by atoms with Crippen LogP contribution < -0.4 is 9.64 Å². The van der Waals surface area contributed by atoms with Crippen LogP contribution in [0.5, 0.6) is 5.75 Å². The van der Waals surface area contributed by atoms with Crippen molar-refractivity contribution in [1.82, 2.24) is 0 Å². The summed E-state index contributed by atoms with van der Waals surface area (Å²) in [4.78, 5) is 13.6. The molecule has 0 saturated heterocycles. The van der Waals surface area contributed by atoms with Crippen LogP contribution in [0.2, 0.25) is 0 Å². The van der Waals surface area contributed by atoms with Gasteiger partial charge in [-0.3, -0.25) is 0 Å². The lowest BCUT2D eigenvalue weighted by molar-refractivity contribution is 0.0699. The number of carboxylic acids is 1. The molecule has 1 N–H and O–H groups in total. The maximum atomic E-state index is 13.1. The Labute approximate surface area is 137 Å². The van der Waals surface area contributed by atoms with Crippen molar-refractivity contribution in [3.05, 3.63) is 47.8 Å². The van der Waals surface area contributed by atoms with Crippen molar-refractivity contribution >= 4 is 22.6 Å². The van der Waals surface area contributed by atoms with E-state index >= 15 is 0 Å². The Balaban J connectivity index is 2.32. The van der Waals surface area contributed by atoms with Gasteiger partial charge in [-0.15, -0.1) is 0 Å². The molecule has 0 radical (unpaired) electrons. The Morgan fingerprint density at radius 2 is 1.88 bits per heavy atom. The number of carbonyl (C=O) groups is 1. The van der Waals surface area contributed by atoms with E-state index in [1.165, 1.54) is 31.4 Å². The summed E-state index contributed by atoms with van der Waals surface area (Å²) in [6.45, 7) is 0. The van der Waals surface area contributed by atoms with Crippen molar-refractivity contribution in [1.29, 1.82) is 0 Å². The fourth-order valence-corrected chi connectivity index (χ4v) is 2.64. The maximum absolute atomic E-state index is 13.1. The van der Waals surface area contributed by atoms with E-state index in [2.05, 4.69) is 0 Å². The number of hydrogen-bond donors (Lipinski definition) is 1. The van der Waals surface area contributed by atoms with Gasteiger partial charge in [-0.05, 0) is 30.3 Å².